The Kier molecular flexibility index (Phi) is 2.43. The number of nitrogens with one attached hydrogen (secondary N) is 1. The highest BCUT2D eigenvalue weighted by atomic mass is 16.6. The number of hydrogen-bond acceptors (Lipinski definition) is 4. The molecular weight excluding hydrogens is 150 g/mol. The van der Waals surface area contributed by atoms with Gasteiger partial charge >= 0.3 is 5.97 Å². The van der Waals surface area contributed by atoms with Crippen molar-refractivity contribution in [2.24, 2.45) is 0 Å². The smallest absolute Gasteiger partial charge is 0.332 e. The van der Waals surface area contributed by atoms with Crippen LogP contribution >= 0.6 is 0 Å². The molecule has 5 heteroatoms. The second kappa shape index (κ2) is 3.34. The van der Waals surface area contributed by atoms with Gasteiger partial charge in [-0.25, -0.2) is 4.79 Å². The second-order valence-corrected chi connectivity index (χ2v) is 2.28. The maximum Gasteiger partial charge on any atom is 0.332 e. The van der Waals surface area contributed by atoms with E-state index in [4.69, 9.17) is 5.11 Å². The van der Waals surface area contributed by atoms with Gasteiger partial charge in [0.15, 0.2) is 0 Å². The van der Waals surface area contributed by atoms with Crippen molar-refractivity contribution >= 4 is 11.9 Å². The van der Waals surface area contributed by atoms with Gasteiger partial charge in [-0.2, -0.15) is 0 Å². The monoisotopic (exact) mass is 159 g/mol. The Hall–Kier alpha value is -1.10. The highest BCUT2D eigenvalue weighted by Crippen LogP contribution is 2.03. The summed E-state index contributed by atoms with van der Waals surface area (Å²) >= 11 is 0. The first kappa shape index (κ1) is 8.00. The lowest BCUT2D eigenvalue weighted by Crippen LogP contribution is -2.22. The molecule has 1 aliphatic heterocycles. The molecule has 1 amide bonds. The second-order valence-electron chi connectivity index (χ2n) is 2.28. The molecule has 0 spiro atoms. The quantitative estimate of drug-likeness (QED) is 0.476. The van der Waals surface area contributed by atoms with Gasteiger partial charge in [0.05, 0.1) is 13.0 Å². The van der Waals surface area contributed by atoms with Gasteiger partial charge in [0, 0.05) is 0 Å². The Labute approximate surface area is 63.3 Å². The van der Waals surface area contributed by atoms with E-state index in [2.05, 4.69) is 10.1 Å². The number of ether oxygens (including phenoxy) is 1. The molecule has 0 aliphatic carbocycles. The molecule has 1 aliphatic rings. The topological polar surface area (TPSA) is 75.6 Å². The summed E-state index contributed by atoms with van der Waals surface area (Å²) in [4.78, 5) is 21.0. The number of hydrogen-bond donors (Lipinski definition) is 2. The molecule has 11 heavy (non-hydrogen) atoms. The van der Waals surface area contributed by atoms with Gasteiger partial charge in [0.25, 0.3) is 0 Å². The lowest BCUT2D eigenvalue weighted by Gasteiger charge is -2.06. The molecule has 62 valence electrons. The zero-order valence-electron chi connectivity index (χ0n) is 5.87. The third-order valence-electron chi connectivity index (χ3n) is 1.37. The van der Waals surface area contributed by atoms with Gasteiger partial charge in [-0.05, 0) is 0 Å². The van der Waals surface area contributed by atoms with Gasteiger partial charge in [-0.15, -0.1) is 0 Å². The van der Waals surface area contributed by atoms with E-state index in [1.54, 1.807) is 0 Å². The third kappa shape index (κ3) is 2.19. The predicted octanol–water partition coefficient (Wildman–Crippen LogP) is -1.59. The van der Waals surface area contributed by atoms with Crippen molar-refractivity contribution in [2.75, 3.05) is 13.2 Å². The van der Waals surface area contributed by atoms with Crippen molar-refractivity contribution in [3.8, 4) is 0 Å². The molecule has 1 heterocycles. The van der Waals surface area contributed by atoms with E-state index in [1.165, 1.54) is 0 Å². The summed E-state index contributed by atoms with van der Waals surface area (Å²) in [5, 5.41) is 10.8. The first-order valence-electron chi connectivity index (χ1n) is 3.29. The van der Waals surface area contributed by atoms with Gasteiger partial charge in [-0.3, -0.25) is 4.79 Å². The lowest BCUT2D eigenvalue weighted by atomic mass is 10.3. The van der Waals surface area contributed by atoms with Crippen molar-refractivity contribution in [2.45, 2.75) is 12.5 Å². The number of esters is 1. The Balaban J connectivity index is 2.28. The predicted molar refractivity (Wildman–Crippen MR) is 34.6 cm³/mol. The number of carbonyl (C=O) groups is 2. The van der Waals surface area contributed by atoms with Crippen LogP contribution in [0.3, 0.4) is 0 Å². The number of aliphatic hydroxyl groups excluding tert-OH is 1. The summed E-state index contributed by atoms with van der Waals surface area (Å²) in [6, 6.07) is 0. The Morgan fingerprint density at radius 1 is 1.82 bits per heavy atom. The molecule has 1 rings (SSSR count). The summed E-state index contributed by atoms with van der Waals surface area (Å²) < 4.78 is 4.66. The molecule has 2 N–H and O–H groups in total. The molecule has 0 aromatic heterocycles. The van der Waals surface area contributed by atoms with Crippen molar-refractivity contribution in [3.05, 3.63) is 0 Å². The lowest BCUT2D eigenvalue weighted by molar-refractivity contribution is -0.151. The summed E-state index contributed by atoms with van der Waals surface area (Å²) in [5.74, 6) is -0.813. The maximum absolute atomic E-state index is 10.6. The maximum atomic E-state index is 10.6. The van der Waals surface area contributed by atoms with Crippen molar-refractivity contribution in [1.29, 1.82) is 0 Å². The molecule has 0 radical (unpaired) electrons. The molecule has 5 nitrogen and oxygen atoms in total. The number of rotatable bonds is 2. The molecule has 1 atom stereocenters. The van der Waals surface area contributed by atoms with Gasteiger partial charge < -0.3 is 15.2 Å². The van der Waals surface area contributed by atoms with E-state index < -0.39 is 18.7 Å². The summed E-state index contributed by atoms with van der Waals surface area (Å²) in [7, 11) is 0. The minimum Gasteiger partial charge on any atom is -0.458 e. The van der Waals surface area contributed by atoms with Crippen LogP contribution in [-0.4, -0.2) is 36.2 Å². The highest BCUT2D eigenvalue weighted by Gasteiger charge is 2.24. The van der Waals surface area contributed by atoms with Crippen molar-refractivity contribution in [3.63, 3.8) is 0 Å². The fraction of sp³-hybridized carbons (Fsp3) is 0.667. The van der Waals surface area contributed by atoms with Crippen LogP contribution in [0.25, 0.3) is 0 Å². The molecule has 0 aromatic rings. The molecule has 0 bridgehead atoms. The zero-order valence-corrected chi connectivity index (χ0v) is 5.87. The van der Waals surface area contributed by atoms with Crippen LogP contribution in [-0.2, 0) is 14.3 Å². The first-order valence-corrected chi connectivity index (χ1v) is 3.29. The molecule has 1 fully saturated rings. The number of aliphatic hydroxyl groups is 1. The largest absolute Gasteiger partial charge is 0.458 e. The minimum absolute atomic E-state index is 0.124. The van der Waals surface area contributed by atoms with Crippen LogP contribution in [0.2, 0.25) is 0 Å². The fourth-order valence-electron chi connectivity index (χ4n) is 0.885. The summed E-state index contributed by atoms with van der Waals surface area (Å²) in [6.07, 6.45) is -0.201. The van der Waals surface area contributed by atoms with Crippen LogP contribution in [0.15, 0.2) is 0 Å². The van der Waals surface area contributed by atoms with E-state index in [0.717, 1.165) is 0 Å². The Bertz CT molecular complexity index is 179. The average molecular weight is 159 g/mol. The van der Waals surface area contributed by atoms with Crippen LogP contribution < -0.4 is 5.32 Å². The standard InChI is InChI=1S/C6H9NO4/c8-3-6(10)11-4-1-5(9)7-2-4/h4,8H,1-3H2,(H,7,9). The zero-order chi connectivity index (χ0) is 8.27. The Morgan fingerprint density at radius 3 is 3.00 bits per heavy atom. The number of carbonyl (C=O) groups excluding carboxylic acids is 2. The number of amides is 1. The van der Waals surface area contributed by atoms with E-state index in [9.17, 15) is 9.59 Å². The van der Waals surface area contributed by atoms with E-state index in [1.807, 2.05) is 0 Å². The molecule has 1 unspecified atom stereocenters. The molecule has 0 aromatic carbocycles. The van der Waals surface area contributed by atoms with Gasteiger partial charge in [0.1, 0.15) is 12.7 Å². The van der Waals surface area contributed by atoms with Gasteiger partial charge in [0.2, 0.25) is 5.91 Å². The minimum atomic E-state index is -0.688. The normalized spacial score (nSPS) is 23.0. The first-order chi connectivity index (χ1) is 5.22. The molecule has 1 saturated heterocycles. The Morgan fingerprint density at radius 2 is 2.55 bits per heavy atom. The van der Waals surface area contributed by atoms with Crippen LogP contribution in [0.4, 0.5) is 0 Å². The van der Waals surface area contributed by atoms with Crippen LogP contribution in [0.1, 0.15) is 6.42 Å². The third-order valence-corrected chi connectivity index (χ3v) is 1.37. The van der Waals surface area contributed by atoms with Crippen LogP contribution in [0, 0.1) is 0 Å². The molecule has 0 saturated carbocycles. The van der Waals surface area contributed by atoms with Crippen molar-refractivity contribution in [1.82, 2.24) is 5.32 Å². The summed E-state index contributed by atoms with van der Waals surface area (Å²) in [6.45, 7) is -0.282. The van der Waals surface area contributed by atoms with E-state index in [-0.39, 0.29) is 12.3 Å². The van der Waals surface area contributed by atoms with Gasteiger partial charge in [-0.1, -0.05) is 0 Å². The average Bonchev–Trinajstić information content (AvgIpc) is 2.35. The van der Waals surface area contributed by atoms with E-state index in [0.29, 0.717) is 6.54 Å². The molecular formula is C6H9NO4. The SMILES string of the molecule is O=C1CC(OC(=O)CO)CN1. The fourth-order valence-corrected chi connectivity index (χ4v) is 0.885. The van der Waals surface area contributed by atoms with Crippen molar-refractivity contribution < 1.29 is 19.4 Å². The highest BCUT2D eigenvalue weighted by molar-refractivity contribution is 5.79. The summed E-state index contributed by atoms with van der Waals surface area (Å²) in [5.41, 5.74) is 0. The van der Waals surface area contributed by atoms with E-state index >= 15 is 0 Å². The van der Waals surface area contributed by atoms with Crippen LogP contribution in [0.5, 0.6) is 0 Å².